The Morgan fingerprint density at radius 1 is 1.33 bits per heavy atom. The molecule has 5 nitrogen and oxygen atoms in total. The maximum atomic E-state index is 11.5. The number of carbonyl (C=O) groups excluding carboxylic acids is 1. The Morgan fingerprint density at radius 2 is 2.14 bits per heavy atom. The lowest BCUT2D eigenvalue weighted by Crippen LogP contribution is -2.33. The molecule has 0 aromatic carbocycles. The Bertz CT molecular complexity index is 359. The van der Waals surface area contributed by atoms with Crippen molar-refractivity contribution < 1.29 is 9.53 Å². The highest BCUT2D eigenvalue weighted by Gasteiger charge is 2.01. The standard InChI is InChI=1S/C13H21N3O2S.2ClH/c1-18-8-7-14-5-6-16-13(17)11-19-10-12-3-2-4-15-9-12;;/h2-4,9,14H,5-8,10-11H2,1H3,(H,16,17);2*1H. The van der Waals surface area contributed by atoms with Crippen LogP contribution in [0.15, 0.2) is 24.5 Å². The van der Waals surface area contributed by atoms with Gasteiger partial charge in [0.15, 0.2) is 0 Å². The topological polar surface area (TPSA) is 63.2 Å². The van der Waals surface area contributed by atoms with Gasteiger partial charge in [0.2, 0.25) is 5.91 Å². The van der Waals surface area contributed by atoms with E-state index in [1.807, 2.05) is 18.3 Å². The molecule has 0 aliphatic rings. The third kappa shape index (κ3) is 12.9. The van der Waals surface area contributed by atoms with Crippen LogP contribution in [0.1, 0.15) is 5.56 Å². The minimum absolute atomic E-state index is 0. The van der Waals surface area contributed by atoms with Crippen LogP contribution in [-0.2, 0) is 15.3 Å². The highest BCUT2D eigenvalue weighted by molar-refractivity contribution is 7.99. The molecule has 1 rings (SSSR count). The summed E-state index contributed by atoms with van der Waals surface area (Å²) < 4.78 is 4.91. The van der Waals surface area contributed by atoms with Gasteiger partial charge in [-0.25, -0.2) is 0 Å². The van der Waals surface area contributed by atoms with Crippen LogP contribution in [0, 0.1) is 0 Å². The number of carbonyl (C=O) groups is 1. The maximum Gasteiger partial charge on any atom is 0.230 e. The summed E-state index contributed by atoms with van der Waals surface area (Å²) in [5.74, 6) is 1.36. The minimum atomic E-state index is 0. The molecule has 122 valence electrons. The van der Waals surface area contributed by atoms with Crippen molar-refractivity contribution in [3.8, 4) is 0 Å². The number of rotatable bonds is 10. The Morgan fingerprint density at radius 3 is 2.81 bits per heavy atom. The van der Waals surface area contributed by atoms with E-state index in [-0.39, 0.29) is 30.7 Å². The van der Waals surface area contributed by atoms with Gasteiger partial charge in [0.1, 0.15) is 0 Å². The average molecular weight is 356 g/mol. The van der Waals surface area contributed by atoms with Gasteiger partial charge >= 0.3 is 0 Å². The van der Waals surface area contributed by atoms with Crippen molar-refractivity contribution in [1.82, 2.24) is 15.6 Å². The smallest absolute Gasteiger partial charge is 0.230 e. The minimum Gasteiger partial charge on any atom is -0.383 e. The van der Waals surface area contributed by atoms with E-state index in [0.29, 0.717) is 18.9 Å². The molecule has 0 bridgehead atoms. The first-order valence-electron chi connectivity index (χ1n) is 6.26. The molecule has 1 heterocycles. The first kappa shape index (κ1) is 22.7. The van der Waals surface area contributed by atoms with Gasteiger partial charge in [0.05, 0.1) is 12.4 Å². The third-order valence-electron chi connectivity index (χ3n) is 2.33. The normalized spacial score (nSPS) is 9.38. The van der Waals surface area contributed by atoms with Crippen molar-refractivity contribution in [3.05, 3.63) is 30.1 Å². The molecule has 0 spiro atoms. The predicted octanol–water partition coefficient (Wildman–Crippen LogP) is 1.51. The van der Waals surface area contributed by atoms with Gasteiger partial charge in [-0.3, -0.25) is 9.78 Å². The van der Waals surface area contributed by atoms with E-state index in [9.17, 15) is 4.79 Å². The number of halogens is 2. The molecular formula is C13H23Cl2N3O2S. The predicted molar refractivity (Wildman–Crippen MR) is 92.7 cm³/mol. The Hall–Kier alpha value is -0.530. The fourth-order valence-electron chi connectivity index (χ4n) is 1.39. The molecule has 21 heavy (non-hydrogen) atoms. The lowest BCUT2D eigenvalue weighted by atomic mass is 10.3. The molecule has 2 N–H and O–H groups in total. The van der Waals surface area contributed by atoms with Gasteiger partial charge in [-0.1, -0.05) is 6.07 Å². The fourth-order valence-corrected chi connectivity index (χ4v) is 2.18. The summed E-state index contributed by atoms with van der Waals surface area (Å²) in [6, 6.07) is 3.92. The summed E-state index contributed by atoms with van der Waals surface area (Å²) in [7, 11) is 1.67. The van der Waals surface area contributed by atoms with Gasteiger partial charge in [0, 0.05) is 44.9 Å². The highest BCUT2D eigenvalue weighted by atomic mass is 35.5. The summed E-state index contributed by atoms with van der Waals surface area (Å²) >= 11 is 1.59. The number of pyridine rings is 1. The molecule has 0 aliphatic heterocycles. The van der Waals surface area contributed by atoms with E-state index < -0.39 is 0 Å². The summed E-state index contributed by atoms with van der Waals surface area (Å²) in [6.07, 6.45) is 3.57. The first-order valence-corrected chi connectivity index (χ1v) is 7.41. The van der Waals surface area contributed by atoms with Crippen LogP contribution >= 0.6 is 36.6 Å². The van der Waals surface area contributed by atoms with E-state index in [2.05, 4.69) is 15.6 Å². The number of thioether (sulfide) groups is 1. The molecule has 0 saturated heterocycles. The van der Waals surface area contributed by atoms with Crippen LogP contribution in [0.5, 0.6) is 0 Å². The molecule has 0 saturated carbocycles. The van der Waals surface area contributed by atoms with Crippen LogP contribution in [0.25, 0.3) is 0 Å². The first-order chi connectivity index (χ1) is 9.33. The van der Waals surface area contributed by atoms with Crippen LogP contribution in [-0.4, -0.2) is 50.0 Å². The van der Waals surface area contributed by atoms with Crippen LogP contribution in [0.4, 0.5) is 0 Å². The summed E-state index contributed by atoms with van der Waals surface area (Å²) in [5, 5.41) is 6.04. The molecule has 0 unspecified atom stereocenters. The van der Waals surface area contributed by atoms with E-state index in [1.165, 1.54) is 0 Å². The molecule has 0 atom stereocenters. The molecule has 0 fully saturated rings. The van der Waals surface area contributed by atoms with E-state index in [1.54, 1.807) is 25.1 Å². The lowest BCUT2D eigenvalue weighted by Gasteiger charge is -2.06. The average Bonchev–Trinajstić information content (AvgIpc) is 2.44. The largest absolute Gasteiger partial charge is 0.383 e. The molecule has 8 heteroatoms. The molecule has 1 aromatic heterocycles. The van der Waals surface area contributed by atoms with E-state index in [0.717, 1.165) is 24.4 Å². The lowest BCUT2D eigenvalue weighted by molar-refractivity contribution is -0.118. The van der Waals surface area contributed by atoms with Crippen molar-refractivity contribution in [2.24, 2.45) is 0 Å². The van der Waals surface area contributed by atoms with Gasteiger partial charge in [-0.15, -0.1) is 36.6 Å². The van der Waals surface area contributed by atoms with Crippen LogP contribution in [0.2, 0.25) is 0 Å². The van der Waals surface area contributed by atoms with Gasteiger partial charge in [-0.2, -0.15) is 0 Å². The molecular weight excluding hydrogens is 333 g/mol. The number of aromatic nitrogens is 1. The zero-order valence-electron chi connectivity index (χ0n) is 12.0. The molecule has 0 aliphatic carbocycles. The van der Waals surface area contributed by atoms with E-state index >= 15 is 0 Å². The van der Waals surface area contributed by atoms with Crippen molar-refractivity contribution >= 4 is 42.5 Å². The number of hydrogen-bond donors (Lipinski definition) is 2. The van der Waals surface area contributed by atoms with Crippen molar-refractivity contribution in [3.63, 3.8) is 0 Å². The quantitative estimate of drug-likeness (QED) is 0.623. The number of amides is 1. The Labute approximate surface area is 142 Å². The highest BCUT2D eigenvalue weighted by Crippen LogP contribution is 2.09. The zero-order valence-corrected chi connectivity index (χ0v) is 14.5. The number of nitrogens with zero attached hydrogens (tertiary/aromatic N) is 1. The van der Waals surface area contributed by atoms with Gasteiger partial charge < -0.3 is 15.4 Å². The fraction of sp³-hybridized carbons (Fsp3) is 0.538. The van der Waals surface area contributed by atoms with Crippen molar-refractivity contribution in [2.75, 3.05) is 39.1 Å². The second kappa shape index (κ2) is 15.9. The van der Waals surface area contributed by atoms with Gasteiger partial charge in [-0.05, 0) is 11.6 Å². The summed E-state index contributed by atoms with van der Waals surface area (Å²) in [4.78, 5) is 15.6. The second-order valence-corrected chi connectivity index (χ2v) is 4.93. The molecule has 1 aromatic rings. The second-order valence-electron chi connectivity index (χ2n) is 3.95. The summed E-state index contributed by atoms with van der Waals surface area (Å²) in [6.45, 7) is 2.91. The van der Waals surface area contributed by atoms with Crippen molar-refractivity contribution in [2.45, 2.75) is 5.75 Å². The monoisotopic (exact) mass is 355 g/mol. The number of methoxy groups -OCH3 is 1. The number of hydrogen-bond acceptors (Lipinski definition) is 5. The SMILES string of the molecule is COCCNCCNC(=O)CSCc1cccnc1.Cl.Cl. The van der Waals surface area contributed by atoms with Crippen LogP contribution in [0.3, 0.4) is 0 Å². The van der Waals surface area contributed by atoms with Gasteiger partial charge in [0.25, 0.3) is 0 Å². The van der Waals surface area contributed by atoms with Crippen LogP contribution < -0.4 is 10.6 Å². The van der Waals surface area contributed by atoms with Crippen molar-refractivity contribution in [1.29, 1.82) is 0 Å². The third-order valence-corrected chi connectivity index (χ3v) is 3.34. The Kier molecular flexibility index (Phi) is 17.2. The van der Waals surface area contributed by atoms with E-state index in [4.69, 9.17) is 4.74 Å². The molecule has 1 amide bonds. The maximum absolute atomic E-state index is 11.5. The number of nitrogens with one attached hydrogen (secondary N) is 2. The number of ether oxygens (including phenoxy) is 1. The molecule has 0 radical (unpaired) electrons. The Balaban J connectivity index is 0. The summed E-state index contributed by atoms with van der Waals surface area (Å²) in [5.41, 5.74) is 1.14. The zero-order chi connectivity index (χ0) is 13.8.